The van der Waals surface area contributed by atoms with Crippen molar-refractivity contribution in [3.63, 3.8) is 0 Å². The van der Waals surface area contributed by atoms with Crippen LogP contribution in [0.5, 0.6) is 0 Å². The van der Waals surface area contributed by atoms with Gasteiger partial charge in [-0.25, -0.2) is 0 Å². The summed E-state index contributed by atoms with van der Waals surface area (Å²) in [5, 5.41) is 10.3. The van der Waals surface area contributed by atoms with E-state index in [1.807, 2.05) is 0 Å². The highest BCUT2D eigenvalue weighted by Crippen LogP contribution is 2.11. The monoisotopic (exact) mass is 247 g/mol. The van der Waals surface area contributed by atoms with Crippen LogP contribution in [0.3, 0.4) is 0 Å². The minimum absolute atomic E-state index is 0.256. The van der Waals surface area contributed by atoms with Crippen molar-refractivity contribution in [3.8, 4) is 0 Å². The van der Waals surface area contributed by atoms with Crippen molar-refractivity contribution in [2.75, 3.05) is 5.43 Å². The number of nitrogens with two attached hydrogens (primary N) is 1. The molecule has 8 nitrogen and oxygen atoms in total. The number of amides is 1. The predicted molar refractivity (Wildman–Crippen MR) is 64.2 cm³/mol. The molecule has 0 spiro atoms. The second-order valence-electron chi connectivity index (χ2n) is 3.61. The van der Waals surface area contributed by atoms with Crippen LogP contribution in [0.25, 0.3) is 0 Å². The number of carbonyl (C=O) groups is 1. The van der Waals surface area contributed by atoms with E-state index in [1.165, 1.54) is 12.4 Å². The van der Waals surface area contributed by atoms with E-state index in [-0.39, 0.29) is 5.91 Å². The Kier molecular flexibility index (Phi) is 3.49. The Morgan fingerprint density at radius 3 is 3.06 bits per heavy atom. The Morgan fingerprint density at radius 1 is 1.56 bits per heavy atom. The molecule has 0 aliphatic heterocycles. The lowest BCUT2D eigenvalue weighted by Crippen LogP contribution is -2.26. The van der Waals surface area contributed by atoms with Gasteiger partial charge in [0.25, 0.3) is 5.91 Å². The van der Waals surface area contributed by atoms with Crippen molar-refractivity contribution >= 4 is 11.6 Å². The first kappa shape index (κ1) is 12.0. The molecule has 0 saturated heterocycles. The number of nitrogens with zero attached hydrogens (tertiary/aromatic N) is 4. The maximum atomic E-state index is 11.9. The van der Waals surface area contributed by atoms with E-state index in [0.29, 0.717) is 23.6 Å². The first-order valence-corrected chi connectivity index (χ1v) is 5.24. The number of aryl methyl sites for hydroxylation is 1. The van der Waals surface area contributed by atoms with Gasteiger partial charge < -0.3 is 15.3 Å². The van der Waals surface area contributed by atoms with Crippen LogP contribution in [-0.2, 0) is 13.6 Å². The number of nitrogen functional groups attached to an aromatic ring is 1. The number of rotatable bonds is 4. The Hall–Kier alpha value is -2.48. The third kappa shape index (κ3) is 2.43. The molecular formula is C10H13N7O. The highest BCUT2D eigenvalue weighted by Gasteiger charge is 2.11. The van der Waals surface area contributed by atoms with Crippen LogP contribution in [0.2, 0.25) is 0 Å². The zero-order valence-corrected chi connectivity index (χ0v) is 9.79. The maximum absolute atomic E-state index is 11.9. The van der Waals surface area contributed by atoms with Gasteiger partial charge in [-0.3, -0.25) is 15.6 Å². The molecule has 0 saturated carbocycles. The van der Waals surface area contributed by atoms with Crippen molar-refractivity contribution in [2.45, 2.75) is 6.54 Å². The van der Waals surface area contributed by atoms with E-state index in [4.69, 9.17) is 5.84 Å². The van der Waals surface area contributed by atoms with Crippen molar-refractivity contribution in [1.29, 1.82) is 0 Å². The molecule has 0 fully saturated rings. The molecule has 0 aliphatic carbocycles. The molecule has 0 atom stereocenters. The molecule has 1 amide bonds. The molecule has 0 bridgehead atoms. The number of hydrogen-bond acceptors (Lipinski definition) is 6. The number of hydrazine groups is 1. The van der Waals surface area contributed by atoms with Crippen LogP contribution in [0.4, 0.5) is 5.69 Å². The Labute approximate surface area is 103 Å². The fraction of sp³-hybridized carbons (Fsp3) is 0.200. The summed E-state index contributed by atoms with van der Waals surface area (Å²) >= 11 is 0. The minimum Gasteiger partial charge on any atom is -0.345 e. The van der Waals surface area contributed by atoms with Crippen molar-refractivity contribution in [2.24, 2.45) is 12.9 Å². The summed E-state index contributed by atoms with van der Waals surface area (Å²) in [5.74, 6) is 5.72. The molecule has 2 aromatic rings. The average molecular weight is 247 g/mol. The first-order valence-electron chi connectivity index (χ1n) is 5.24. The SMILES string of the molecule is Cn1cnnc1CNC(=O)c1ccncc1NN. The quantitative estimate of drug-likeness (QED) is 0.492. The standard InChI is InChI=1S/C10H13N7O/c1-17-6-14-16-9(17)5-13-10(18)7-2-3-12-4-8(7)15-11/h2-4,6,15H,5,11H2,1H3,(H,13,18). The van der Waals surface area contributed by atoms with E-state index >= 15 is 0 Å². The zero-order chi connectivity index (χ0) is 13.0. The Bertz CT molecular complexity index is 551. The lowest BCUT2D eigenvalue weighted by molar-refractivity contribution is 0.0950. The van der Waals surface area contributed by atoms with Gasteiger partial charge in [-0.2, -0.15) is 0 Å². The van der Waals surface area contributed by atoms with E-state index in [2.05, 4.69) is 25.9 Å². The third-order valence-electron chi connectivity index (χ3n) is 2.43. The molecule has 0 aromatic carbocycles. The van der Waals surface area contributed by atoms with Gasteiger partial charge in [0, 0.05) is 13.2 Å². The topological polar surface area (TPSA) is 111 Å². The smallest absolute Gasteiger partial charge is 0.253 e. The molecular weight excluding hydrogens is 234 g/mol. The summed E-state index contributed by atoms with van der Waals surface area (Å²) in [6, 6.07) is 1.58. The third-order valence-corrected chi connectivity index (χ3v) is 2.43. The highest BCUT2D eigenvalue weighted by molar-refractivity contribution is 5.99. The second kappa shape index (κ2) is 5.23. The Morgan fingerprint density at radius 2 is 2.39 bits per heavy atom. The molecule has 2 heterocycles. The molecule has 18 heavy (non-hydrogen) atoms. The number of aromatic nitrogens is 4. The van der Waals surface area contributed by atoms with Gasteiger partial charge in [0.1, 0.15) is 6.33 Å². The van der Waals surface area contributed by atoms with E-state index < -0.39 is 0 Å². The van der Waals surface area contributed by atoms with Crippen LogP contribution in [0, 0.1) is 0 Å². The molecule has 0 aliphatic rings. The molecule has 94 valence electrons. The van der Waals surface area contributed by atoms with Gasteiger partial charge in [-0.15, -0.1) is 10.2 Å². The second-order valence-corrected chi connectivity index (χ2v) is 3.61. The number of hydrogen-bond donors (Lipinski definition) is 3. The maximum Gasteiger partial charge on any atom is 0.253 e. The van der Waals surface area contributed by atoms with Crippen molar-refractivity contribution in [3.05, 3.63) is 36.2 Å². The van der Waals surface area contributed by atoms with Crippen molar-refractivity contribution < 1.29 is 4.79 Å². The lowest BCUT2D eigenvalue weighted by Gasteiger charge is -2.08. The summed E-state index contributed by atoms with van der Waals surface area (Å²) < 4.78 is 1.73. The minimum atomic E-state index is -0.256. The number of carbonyl (C=O) groups excluding carboxylic acids is 1. The molecule has 8 heteroatoms. The van der Waals surface area contributed by atoms with E-state index in [0.717, 1.165) is 0 Å². The summed E-state index contributed by atoms with van der Waals surface area (Å²) in [6.45, 7) is 0.293. The van der Waals surface area contributed by atoms with Crippen LogP contribution in [-0.4, -0.2) is 25.7 Å². The average Bonchev–Trinajstić information content (AvgIpc) is 2.81. The summed E-state index contributed by atoms with van der Waals surface area (Å²) in [6.07, 6.45) is 4.58. The molecule has 2 aromatic heterocycles. The molecule has 0 unspecified atom stereocenters. The largest absolute Gasteiger partial charge is 0.345 e. The van der Waals surface area contributed by atoms with Crippen LogP contribution < -0.4 is 16.6 Å². The number of pyridine rings is 1. The molecule has 2 rings (SSSR count). The Balaban J connectivity index is 2.06. The van der Waals surface area contributed by atoms with Gasteiger partial charge in [0.05, 0.1) is 24.0 Å². The van der Waals surface area contributed by atoms with Crippen molar-refractivity contribution in [1.82, 2.24) is 25.1 Å². The normalized spacial score (nSPS) is 10.1. The first-order chi connectivity index (χ1) is 8.72. The van der Waals surface area contributed by atoms with Gasteiger partial charge in [0.2, 0.25) is 0 Å². The van der Waals surface area contributed by atoms with Crippen LogP contribution >= 0.6 is 0 Å². The fourth-order valence-electron chi connectivity index (χ4n) is 1.43. The van der Waals surface area contributed by atoms with Gasteiger partial charge in [0.15, 0.2) is 5.82 Å². The zero-order valence-electron chi connectivity index (χ0n) is 9.79. The molecule has 4 N–H and O–H groups in total. The number of nitrogens with one attached hydrogen (secondary N) is 2. The summed E-state index contributed by atoms with van der Waals surface area (Å²) in [4.78, 5) is 15.8. The lowest BCUT2D eigenvalue weighted by atomic mass is 10.2. The van der Waals surface area contributed by atoms with Crippen LogP contribution in [0.1, 0.15) is 16.2 Å². The van der Waals surface area contributed by atoms with Gasteiger partial charge in [-0.05, 0) is 6.07 Å². The van der Waals surface area contributed by atoms with E-state index in [9.17, 15) is 4.79 Å². The summed E-state index contributed by atoms with van der Waals surface area (Å²) in [5.41, 5.74) is 3.32. The highest BCUT2D eigenvalue weighted by atomic mass is 16.1. The number of anilines is 1. The summed E-state index contributed by atoms with van der Waals surface area (Å²) in [7, 11) is 1.81. The van der Waals surface area contributed by atoms with E-state index in [1.54, 1.807) is 24.0 Å². The predicted octanol–water partition coefficient (Wildman–Crippen LogP) is -0.574. The fourth-order valence-corrected chi connectivity index (χ4v) is 1.43. The molecule has 0 radical (unpaired) electrons. The van der Waals surface area contributed by atoms with Crippen LogP contribution in [0.15, 0.2) is 24.8 Å². The van der Waals surface area contributed by atoms with Gasteiger partial charge >= 0.3 is 0 Å². The van der Waals surface area contributed by atoms with Gasteiger partial charge in [-0.1, -0.05) is 0 Å².